The third kappa shape index (κ3) is 4.30. The monoisotopic (exact) mass is 322 g/mol. The van der Waals surface area contributed by atoms with Crippen LogP contribution < -0.4 is 5.32 Å². The van der Waals surface area contributed by atoms with Crippen molar-refractivity contribution < 1.29 is 18.8 Å². The highest BCUT2D eigenvalue weighted by Gasteiger charge is 2.16. The molecule has 0 bridgehead atoms. The first-order valence-corrected chi connectivity index (χ1v) is 6.99. The zero-order valence-electron chi connectivity index (χ0n) is 12.4. The van der Waals surface area contributed by atoms with Gasteiger partial charge in [0.15, 0.2) is 0 Å². The molecule has 7 heteroatoms. The van der Waals surface area contributed by atoms with Gasteiger partial charge in [-0.2, -0.15) is 0 Å². The quantitative estimate of drug-likeness (QED) is 0.632. The van der Waals surface area contributed by atoms with Crippen molar-refractivity contribution in [3.05, 3.63) is 75.3 Å². The van der Waals surface area contributed by atoms with Crippen LogP contribution in [-0.4, -0.2) is 16.6 Å². The Hall–Kier alpha value is -2.38. The summed E-state index contributed by atoms with van der Waals surface area (Å²) in [6.07, 6.45) is -0.985. The van der Waals surface area contributed by atoms with E-state index in [0.29, 0.717) is 5.56 Å². The van der Waals surface area contributed by atoms with Gasteiger partial charge >= 0.3 is 0 Å². The van der Waals surface area contributed by atoms with E-state index in [2.05, 4.69) is 5.32 Å². The number of aliphatic hydroxyl groups excluding tert-OH is 1. The molecule has 23 heavy (non-hydrogen) atoms. The molecule has 5 nitrogen and oxygen atoms in total. The van der Waals surface area contributed by atoms with Crippen LogP contribution >= 0.6 is 0 Å². The highest BCUT2D eigenvalue weighted by atomic mass is 19.1. The Kier molecular flexibility index (Phi) is 5.36. The maximum absolute atomic E-state index is 13.7. The maximum Gasteiger partial charge on any atom is 0.269 e. The van der Waals surface area contributed by atoms with E-state index in [1.807, 2.05) is 0 Å². The molecule has 0 aliphatic heterocycles. The molecular weight excluding hydrogens is 306 g/mol. The fourth-order valence-corrected chi connectivity index (χ4v) is 2.21. The molecule has 0 saturated carbocycles. The lowest BCUT2D eigenvalue weighted by Crippen LogP contribution is -2.25. The van der Waals surface area contributed by atoms with Crippen molar-refractivity contribution in [2.45, 2.75) is 19.1 Å². The first-order chi connectivity index (χ1) is 10.9. The molecule has 2 rings (SSSR count). The summed E-state index contributed by atoms with van der Waals surface area (Å²) in [6.45, 7) is 1.75. The second-order valence-electron chi connectivity index (χ2n) is 5.16. The number of halogens is 2. The van der Waals surface area contributed by atoms with Gasteiger partial charge in [-0.25, -0.2) is 8.78 Å². The molecule has 0 aliphatic rings. The molecule has 2 aromatic carbocycles. The van der Waals surface area contributed by atoms with Gasteiger partial charge in [-0.15, -0.1) is 0 Å². The number of nitrogens with one attached hydrogen (secondary N) is 1. The molecule has 0 fully saturated rings. The highest BCUT2D eigenvalue weighted by Crippen LogP contribution is 2.21. The summed E-state index contributed by atoms with van der Waals surface area (Å²) in [7, 11) is 0. The predicted octanol–water partition coefficient (Wildman–Crippen LogP) is 3.26. The van der Waals surface area contributed by atoms with E-state index >= 15 is 0 Å². The van der Waals surface area contributed by atoms with Gasteiger partial charge in [0.05, 0.1) is 11.0 Å². The fourth-order valence-electron chi connectivity index (χ4n) is 2.21. The van der Waals surface area contributed by atoms with Crippen LogP contribution in [0, 0.1) is 21.7 Å². The van der Waals surface area contributed by atoms with Crippen LogP contribution in [0.15, 0.2) is 42.5 Å². The van der Waals surface area contributed by atoms with Crippen LogP contribution in [0.2, 0.25) is 0 Å². The topological polar surface area (TPSA) is 75.4 Å². The standard InChI is InChI=1S/C16H16F2N2O3/c1-10(14-6-5-12(17)8-15(14)18)19-9-16(21)11-3-2-4-13(7-11)20(22)23/h2-8,10,16,19,21H,9H2,1H3. The third-order valence-corrected chi connectivity index (χ3v) is 3.51. The normalized spacial score (nSPS) is 13.6. The average molecular weight is 322 g/mol. The molecule has 2 unspecified atom stereocenters. The molecule has 0 spiro atoms. The van der Waals surface area contributed by atoms with Gasteiger partial charge in [-0.1, -0.05) is 18.2 Å². The zero-order valence-corrected chi connectivity index (χ0v) is 12.4. The zero-order chi connectivity index (χ0) is 17.0. The van der Waals surface area contributed by atoms with Gasteiger partial charge in [-0.05, 0) is 18.6 Å². The van der Waals surface area contributed by atoms with E-state index in [-0.39, 0.29) is 17.8 Å². The Morgan fingerprint density at radius 3 is 2.65 bits per heavy atom. The van der Waals surface area contributed by atoms with Crippen LogP contribution in [0.4, 0.5) is 14.5 Å². The first-order valence-electron chi connectivity index (χ1n) is 6.99. The van der Waals surface area contributed by atoms with E-state index in [9.17, 15) is 24.0 Å². The molecular formula is C16H16F2N2O3. The van der Waals surface area contributed by atoms with E-state index in [1.54, 1.807) is 13.0 Å². The Bertz CT molecular complexity index is 709. The molecule has 122 valence electrons. The molecule has 0 aromatic heterocycles. The Morgan fingerprint density at radius 2 is 2.00 bits per heavy atom. The van der Waals surface area contributed by atoms with Gasteiger partial charge in [0.2, 0.25) is 0 Å². The maximum atomic E-state index is 13.7. The van der Waals surface area contributed by atoms with Gasteiger partial charge < -0.3 is 10.4 Å². The Labute approximate surface area is 131 Å². The van der Waals surface area contributed by atoms with Gasteiger partial charge in [-0.3, -0.25) is 10.1 Å². The lowest BCUT2D eigenvalue weighted by molar-refractivity contribution is -0.385. The molecule has 2 aromatic rings. The lowest BCUT2D eigenvalue weighted by atomic mass is 10.1. The van der Waals surface area contributed by atoms with Crippen LogP contribution in [0.25, 0.3) is 0 Å². The Balaban J connectivity index is 2.02. The second kappa shape index (κ2) is 7.26. The first kappa shape index (κ1) is 17.0. The highest BCUT2D eigenvalue weighted by molar-refractivity contribution is 5.35. The largest absolute Gasteiger partial charge is 0.387 e. The summed E-state index contributed by atoms with van der Waals surface area (Å²) in [6, 6.07) is 8.52. The van der Waals surface area contributed by atoms with Crippen molar-refractivity contribution in [3.8, 4) is 0 Å². The van der Waals surface area contributed by atoms with Crippen molar-refractivity contribution in [1.82, 2.24) is 5.32 Å². The van der Waals surface area contributed by atoms with E-state index in [4.69, 9.17) is 0 Å². The lowest BCUT2D eigenvalue weighted by Gasteiger charge is -2.18. The minimum atomic E-state index is -0.985. The third-order valence-electron chi connectivity index (χ3n) is 3.51. The SMILES string of the molecule is CC(NCC(O)c1cccc([N+](=O)[O-])c1)c1ccc(F)cc1F. The number of hydrogen-bond acceptors (Lipinski definition) is 4. The number of nitro benzene ring substituents is 1. The second-order valence-corrected chi connectivity index (χ2v) is 5.16. The van der Waals surface area contributed by atoms with Gasteiger partial charge in [0.1, 0.15) is 11.6 Å². The number of rotatable bonds is 6. The molecule has 0 saturated heterocycles. The van der Waals surface area contributed by atoms with Gasteiger partial charge in [0.25, 0.3) is 5.69 Å². The number of aliphatic hydroxyl groups is 1. The Morgan fingerprint density at radius 1 is 1.26 bits per heavy atom. The minimum absolute atomic E-state index is 0.0686. The number of nitrogens with zero attached hydrogens (tertiary/aromatic N) is 1. The average Bonchev–Trinajstić information content (AvgIpc) is 2.52. The number of nitro groups is 1. The molecule has 2 N–H and O–H groups in total. The molecule has 0 radical (unpaired) electrons. The number of non-ortho nitro benzene ring substituents is 1. The fraction of sp³-hybridized carbons (Fsp3) is 0.250. The summed E-state index contributed by atoms with van der Waals surface area (Å²) in [5.74, 6) is -1.33. The summed E-state index contributed by atoms with van der Waals surface area (Å²) < 4.78 is 26.6. The summed E-state index contributed by atoms with van der Waals surface area (Å²) in [5, 5.41) is 23.7. The predicted molar refractivity (Wildman–Crippen MR) is 80.8 cm³/mol. The van der Waals surface area contributed by atoms with Crippen molar-refractivity contribution in [2.24, 2.45) is 0 Å². The number of benzene rings is 2. The van der Waals surface area contributed by atoms with Crippen LogP contribution in [0.1, 0.15) is 30.2 Å². The van der Waals surface area contributed by atoms with Crippen molar-refractivity contribution in [2.75, 3.05) is 6.54 Å². The molecule has 2 atom stereocenters. The smallest absolute Gasteiger partial charge is 0.269 e. The molecule has 0 amide bonds. The van der Waals surface area contributed by atoms with E-state index < -0.39 is 28.7 Å². The van der Waals surface area contributed by atoms with Crippen molar-refractivity contribution >= 4 is 5.69 Å². The molecule has 0 aliphatic carbocycles. The van der Waals surface area contributed by atoms with Crippen LogP contribution in [0.5, 0.6) is 0 Å². The summed E-state index contributed by atoms with van der Waals surface area (Å²) in [5.41, 5.74) is 0.551. The van der Waals surface area contributed by atoms with Crippen molar-refractivity contribution in [1.29, 1.82) is 0 Å². The van der Waals surface area contributed by atoms with Crippen LogP contribution in [0.3, 0.4) is 0 Å². The minimum Gasteiger partial charge on any atom is -0.387 e. The van der Waals surface area contributed by atoms with Gasteiger partial charge in [0, 0.05) is 36.3 Å². The molecule has 0 heterocycles. The summed E-state index contributed by atoms with van der Waals surface area (Å²) >= 11 is 0. The summed E-state index contributed by atoms with van der Waals surface area (Å²) in [4.78, 5) is 10.2. The van der Waals surface area contributed by atoms with E-state index in [1.165, 1.54) is 24.3 Å². The number of hydrogen-bond donors (Lipinski definition) is 2. The van der Waals surface area contributed by atoms with Crippen LogP contribution in [-0.2, 0) is 0 Å². The van der Waals surface area contributed by atoms with Crippen molar-refractivity contribution in [3.63, 3.8) is 0 Å². The van der Waals surface area contributed by atoms with E-state index in [0.717, 1.165) is 12.1 Å².